The largest absolute Gasteiger partial charge is 0.493 e. The zero-order valence-corrected chi connectivity index (χ0v) is 17.0. The van der Waals surface area contributed by atoms with Crippen molar-refractivity contribution < 1.29 is 27.5 Å². The fourth-order valence-electron chi connectivity index (χ4n) is 2.67. The van der Waals surface area contributed by atoms with Gasteiger partial charge in [0.25, 0.3) is 15.9 Å². The maximum Gasteiger partial charge on any atom is 0.269 e. The molecule has 0 aromatic heterocycles. The molecule has 2 amide bonds. The van der Waals surface area contributed by atoms with Crippen LogP contribution >= 0.6 is 23.2 Å². The number of nitrogens with zero attached hydrogens (tertiary/aromatic N) is 1. The molecule has 1 aliphatic heterocycles. The second-order valence-corrected chi connectivity index (χ2v) is 8.37. The van der Waals surface area contributed by atoms with E-state index in [-0.39, 0.29) is 32.7 Å². The number of hydrogen-bond acceptors (Lipinski definition) is 6. The van der Waals surface area contributed by atoms with Crippen LogP contribution in [-0.4, -0.2) is 45.3 Å². The van der Waals surface area contributed by atoms with E-state index < -0.39 is 28.4 Å². The highest BCUT2D eigenvalue weighted by Crippen LogP contribution is 2.38. The Hall–Kier alpha value is -2.49. The molecule has 0 radical (unpaired) electrons. The highest BCUT2D eigenvalue weighted by Gasteiger charge is 2.43. The number of carbonyl (C=O) groups is 2. The number of nitrogens with one attached hydrogen (secondary N) is 1. The van der Waals surface area contributed by atoms with E-state index in [0.29, 0.717) is 9.33 Å². The van der Waals surface area contributed by atoms with E-state index in [4.69, 9.17) is 32.7 Å². The van der Waals surface area contributed by atoms with Crippen molar-refractivity contribution in [3.05, 3.63) is 45.9 Å². The molecule has 0 fully saturated rings. The number of carbonyl (C=O) groups excluding carboxylic acids is 2. The molecule has 0 aliphatic carbocycles. The number of sulfonamides is 1. The van der Waals surface area contributed by atoms with Crippen molar-refractivity contribution in [3.8, 4) is 11.5 Å². The minimum atomic E-state index is -4.23. The fraction of sp³-hybridized carbons (Fsp3) is 0.176. The van der Waals surface area contributed by atoms with Gasteiger partial charge in [0.2, 0.25) is 5.91 Å². The van der Waals surface area contributed by atoms with Crippen molar-refractivity contribution >= 4 is 50.7 Å². The molecule has 11 heteroatoms. The average Bonchev–Trinajstić information content (AvgIpc) is 2.83. The van der Waals surface area contributed by atoms with Crippen LogP contribution in [0, 0.1) is 0 Å². The molecule has 1 aliphatic rings. The van der Waals surface area contributed by atoms with Crippen LogP contribution in [0.5, 0.6) is 11.5 Å². The maximum atomic E-state index is 12.8. The van der Waals surface area contributed by atoms with Crippen LogP contribution in [0.25, 0.3) is 0 Å². The standard InChI is InChI=1S/C17H14Cl2N2O6S/c1-26-13-6-10-15(7-14(13)27-2)28(24,25)21(17(10)23)8-16(22)20-12-5-9(18)3-4-11(12)19/h3-7H,8H2,1-2H3,(H,20,22). The lowest BCUT2D eigenvalue weighted by molar-refractivity contribution is -0.116. The number of amides is 2. The van der Waals surface area contributed by atoms with Gasteiger partial charge in [-0.05, 0) is 24.3 Å². The third-order valence-corrected chi connectivity index (χ3v) is 6.33. The van der Waals surface area contributed by atoms with Crippen LogP contribution in [0.3, 0.4) is 0 Å². The van der Waals surface area contributed by atoms with Crippen molar-refractivity contribution in [2.75, 3.05) is 26.1 Å². The van der Waals surface area contributed by atoms with E-state index in [0.717, 1.165) is 0 Å². The molecule has 2 aromatic carbocycles. The molecular formula is C17H14Cl2N2O6S. The van der Waals surface area contributed by atoms with E-state index in [1.54, 1.807) is 0 Å². The van der Waals surface area contributed by atoms with E-state index in [1.807, 2.05) is 0 Å². The molecule has 0 saturated carbocycles. The Morgan fingerprint density at radius 3 is 2.39 bits per heavy atom. The van der Waals surface area contributed by atoms with Crippen molar-refractivity contribution in [2.45, 2.75) is 4.90 Å². The Kier molecular flexibility index (Phi) is 5.42. The second kappa shape index (κ2) is 7.50. The van der Waals surface area contributed by atoms with Crippen molar-refractivity contribution in [2.24, 2.45) is 0 Å². The molecule has 0 atom stereocenters. The van der Waals surface area contributed by atoms with Gasteiger partial charge in [-0.25, -0.2) is 12.7 Å². The van der Waals surface area contributed by atoms with Gasteiger partial charge in [-0.1, -0.05) is 23.2 Å². The molecule has 0 spiro atoms. The summed E-state index contributed by atoms with van der Waals surface area (Å²) in [6, 6.07) is 6.87. The predicted molar refractivity (Wildman–Crippen MR) is 103 cm³/mol. The number of rotatable bonds is 5. The monoisotopic (exact) mass is 444 g/mol. The van der Waals surface area contributed by atoms with Crippen molar-refractivity contribution in [1.82, 2.24) is 4.31 Å². The fourth-order valence-corrected chi connectivity index (χ4v) is 4.53. The van der Waals surface area contributed by atoms with Crippen LogP contribution in [0.15, 0.2) is 35.2 Å². The summed E-state index contributed by atoms with van der Waals surface area (Å²) >= 11 is 11.8. The number of benzene rings is 2. The SMILES string of the molecule is COc1cc2c(cc1OC)S(=O)(=O)N(CC(=O)Nc1cc(Cl)ccc1Cl)C2=O. The number of halogens is 2. The summed E-state index contributed by atoms with van der Waals surface area (Å²) in [5.74, 6) is -1.26. The number of methoxy groups -OCH3 is 2. The molecule has 3 rings (SSSR count). The second-order valence-electron chi connectivity index (χ2n) is 5.69. The van der Waals surface area contributed by atoms with Gasteiger partial charge in [0.15, 0.2) is 11.5 Å². The van der Waals surface area contributed by atoms with Crippen LogP contribution in [0.4, 0.5) is 5.69 Å². The van der Waals surface area contributed by atoms with Crippen LogP contribution in [0.2, 0.25) is 10.0 Å². The molecule has 1 N–H and O–H groups in total. The summed E-state index contributed by atoms with van der Waals surface area (Å²) in [5.41, 5.74) is 0.0929. The molecule has 1 heterocycles. The summed E-state index contributed by atoms with van der Waals surface area (Å²) in [4.78, 5) is 24.7. The molecule has 8 nitrogen and oxygen atoms in total. The molecular weight excluding hydrogens is 431 g/mol. The normalized spacial score (nSPS) is 14.6. The van der Waals surface area contributed by atoms with Gasteiger partial charge in [0.1, 0.15) is 11.4 Å². The highest BCUT2D eigenvalue weighted by molar-refractivity contribution is 7.90. The van der Waals surface area contributed by atoms with Crippen LogP contribution < -0.4 is 14.8 Å². The minimum Gasteiger partial charge on any atom is -0.493 e. The lowest BCUT2D eigenvalue weighted by atomic mass is 10.2. The van der Waals surface area contributed by atoms with E-state index in [2.05, 4.69) is 5.32 Å². The molecule has 2 aromatic rings. The van der Waals surface area contributed by atoms with Crippen molar-refractivity contribution in [3.63, 3.8) is 0 Å². The number of ether oxygens (including phenoxy) is 2. The first-order chi connectivity index (χ1) is 13.2. The Bertz CT molecular complexity index is 1090. The zero-order valence-electron chi connectivity index (χ0n) is 14.7. The van der Waals surface area contributed by atoms with Crippen LogP contribution in [0.1, 0.15) is 10.4 Å². The van der Waals surface area contributed by atoms with Crippen LogP contribution in [-0.2, 0) is 14.8 Å². The summed E-state index contributed by atoms with van der Waals surface area (Å²) in [5, 5.41) is 2.99. The number of fused-ring (bicyclic) bond motifs is 1. The first-order valence-electron chi connectivity index (χ1n) is 7.77. The lowest BCUT2D eigenvalue weighted by Gasteiger charge is -2.15. The number of hydrogen-bond donors (Lipinski definition) is 1. The first kappa shape index (κ1) is 20.2. The average molecular weight is 445 g/mol. The Morgan fingerprint density at radius 2 is 1.75 bits per heavy atom. The maximum absolute atomic E-state index is 12.8. The smallest absolute Gasteiger partial charge is 0.269 e. The van der Waals surface area contributed by atoms with E-state index >= 15 is 0 Å². The molecule has 28 heavy (non-hydrogen) atoms. The molecule has 0 saturated heterocycles. The van der Waals surface area contributed by atoms with Gasteiger partial charge in [-0.15, -0.1) is 0 Å². The summed E-state index contributed by atoms with van der Waals surface area (Å²) in [7, 11) is -1.53. The zero-order chi connectivity index (χ0) is 20.6. The van der Waals surface area contributed by atoms with E-state index in [1.165, 1.54) is 44.6 Å². The van der Waals surface area contributed by atoms with Gasteiger partial charge in [-0.2, -0.15) is 0 Å². The molecule has 0 bridgehead atoms. The Balaban J connectivity index is 1.90. The Labute approximate surface area is 171 Å². The van der Waals surface area contributed by atoms with Gasteiger partial charge in [0, 0.05) is 11.1 Å². The quantitative estimate of drug-likeness (QED) is 0.760. The lowest BCUT2D eigenvalue weighted by Crippen LogP contribution is -2.37. The third-order valence-electron chi connectivity index (χ3n) is 4.00. The first-order valence-corrected chi connectivity index (χ1v) is 9.96. The van der Waals surface area contributed by atoms with Gasteiger partial charge in [0.05, 0.1) is 30.5 Å². The summed E-state index contributed by atoms with van der Waals surface area (Å²) in [6.45, 7) is -0.733. The summed E-state index contributed by atoms with van der Waals surface area (Å²) in [6.07, 6.45) is 0. The minimum absolute atomic E-state index is 0.105. The third kappa shape index (κ3) is 3.48. The number of anilines is 1. The predicted octanol–water partition coefficient (Wildman–Crippen LogP) is 2.79. The highest BCUT2D eigenvalue weighted by atomic mass is 35.5. The van der Waals surface area contributed by atoms with Gasteiger partial charge in [-0.3, -0.25) is 9.59 Å². The topological polar surface area (TPSA) is 102 Å². The molecule has 148 valence electrons. The Morgan fingerprint density at radius 1 is 1.11 bits per heavy atom. The van der Waals surface area contributed by atoms with Gasteiger partial charge < -0.3 is 14.8 Å². The van der Waals surface area contributed by atoms with Gasteiger partial charge >= 0.3 is 0 Å². The molecule has 0 unspecified atom stereocenters. The van der Waals surface area contributed by atoms with E-state index in [9.17, 15) is 18.0 Å². The van der Waals surface area contributed by atoms with Crippen molar-refractivity contribution in [1.29, 1.82) is 0 Å². The summed E-state index contributed by atoms with van der Waals surface area (Å²) < 4.78 is 36.2.